The number of benzene rings is 2. The third-order valence-electron chi connectivity index (χ3n) is 10.0. The Morgan fingerprint density at radius 3 is 2.80 bits per heavy atom. The molecule has 44 heavy (non-hydrogen) atoms. The summed E-state index contributed by atoms with van der Waals surface area (Å²) in [5, 5.41) is 5.99. The summed E-state index contributed by atoms with van der Waals surface area (Å²) < 4.78 is 47.1. The molecule has 2 fully saturated rings. The van der Waals surface area contributed by atoms with Crippen LogP contribution < -0.4 is 14.8 Å². The zero-order valence-corrected chi connectivity index (χ0v) is 27.1. The van der Waals surface area contributed by atoms with Gasteiger partial charge in [-0.25, -0.2) is 18.4 Å². The van der Waals surface area contributed by atoms with E-state index in [1.165, 1.54) is 18.2 Å². The number of aryl methyl sites for hydroxylation is 1. The summed E-state index contributed by atoms with van der Waals surface area (Å²) in [5.74, 6) is 0.961. The summed E-state index contributed by atoms with van der Waals surface area (Å²) in [5.41, 5.74) is 3.80. The fourth-order valence-corrected chi connectivity index (χ4v) is 8.79. The van der Waals surface area contributed by atoms with Crippen LogP contribution in [0.2, 0.25) is 5.02 Å². The third kappa shape index (κ3) is 6.75. The molecule has 11 heteroatoms. The van der Waals surface area contributed by atoms with E-state index in [9.17, 15) is 13.2 Å². The molecule has 0 aromatic heterocycles. The van der Waals surface area contributed by atoms with Crippen LogP contribution in [0.15, 0.2) is 36.4 Å². The van der Waals surface area contributed by atoms with Crippen molar-refractivity contribution in [1.82, 2.24) is 0 Å². The first-order chi connectivity index (χ1) is 21.0. The Kier molecular flexibility index (Phi) is 9.19. The van der Waals surface area contributed by atoms with Crippen LogP contribution >= 0.6 is 11.6 Å². The number of nitrogens with two attached hydrogens (primary N) is 1. The third-order valence-corrected chi connectivity index (χ3v) is 11.2. The van der Waals surface area contributed by atoms with Crippen molar-refractivity contribution >= 4 is 33.3 Å². The second-order valence-electron chi connectivity index (χ2n) is 13.1. The van der Waals surface area contributed by atoms with Gasteiger partial charge >= 0.3 is 5.97 Å². The summed E-state index contributed by atoms with van der Waals surface area (Å²) in [4.78, 5) is 15.0. The first-order valence-electron chi connectivity index (χ1n) is 15.7. The Labute approximate surface area is 265 Å². The predicted molar refractivity (Wildman–Crippen MR) is 169 cm³/mol. The number of rotatable bonds is 8. The van der Waals surface area contributed by atoms with Crippen LogP contribution in [-0.2, 0) is 36.1 Å². The molecule has 240 valence electrons. The number of carbonyl (C=O) groups is 1. The molecule has 2 aliphatic carbocycles. The smallest absolute Gasteiger partial charge is 0.337 e. The molecule has 2 heterocycles. The molecule has 4 aliphatic rings. The average molecular weight is 647 g/mol. The van der Waals surface area contributed by atoms with Gasteiger partial charge in [0.25, 0.3) is 0 Å². The van der Waals surface area contributed by atoms with Gasteiger partial charge in [0.1, 0.15) is 5.75 Å². The Bertz CT molecular complexity index is 1490. The zero-order valence-electron chi connectivity index (χ0n) is 25.5. The number of fused-ring (bicyclic) bond motifs is 3. The number of ether oxygens (including phenoxy) is 4. The molecule has 6 atom stereocenters. The minimum absolute atomic E-state index is 0.0461. The van der Waals surface area contributed by atoms with Crippen LogP contribution in [-0.4, -0.2) is 71.9 Å². The standard InChI is InChI=1S/C33H43ClN2O7S/c1-21(18-44(35,38)39)43-26-11-13-41-31(16-26)27-8-5-24(27)17-36-19-33(12-3-4-22-14-25(34)7-9-28(22)33)20-42-30-10-6-23(15-29(30)36)32(37)40-2/h6-7,9-10,14-15,21,24,26-27,31H,3-5,8,11-13,16-20H2,1-2H3,(H2,35,38,39)/t21-,24+,26+,27-,31+,33+/m1/s1. The zero-order chi connectivity index (χ0) is 31.1. The number of hydrogen-bond acceptors (Lipinski definition) is 8. The minimum atomic E-state index is -3.60. The summed E-state index contributed by atoms with van der Waals surface area (Å²) >= 11 is 6.41. The largest absolute Gasteiger partial charge is 0.490 e. The lowest BCUT2D eigenvalue weighted by Gasteiger charge is -2.48. The topological polar surface area (TPSA) is 117 Å². The van der Waals surface area contributed by atoms with Crippen molar-refractivity contribution in [3.8, 4) is 5.75 Å². The van der Waals surface area contributed by atoms with Gasteiger partial charge in [0.2, 0.25) is 10.0 Å². The Morgan fingerprint density at radius 2 is 2.05 bits per heavy atom. The first-order valence-corrected chi connectivity index (χ1v) is 17.8. The number of methoxy groups -OCH3 is 1. The normalized spacial score (nSPS) is 29.0. The molecule has 2 aromatic rings. The molecule has 1 saturated carbocycles. The van der Waals surface area contributed by atoms with E-state index in [4.69, 9.17) is 35.7 Å². The Balaban J connectivity index is 1.24. The lowest BCUT2D eigenvalue weighted by Crippen LogP contribution is -2.51. The highest BCUT2D eigenvalue weighted by atomic mass is 35.5. The van der Waals surface area contributed by atoms with Crippen LogP contribution in [0.4, 0.5) is 5.69 Å². The molecule has 2 N–H and O–H groups in total. The van der Waals surface area contributed by atoms with Gasteiger partial charge in [0.05, 0.1) is 49.0 Å². The fourth-order valence-electron chi connectivity index (χ4n) is 7.87. The number of primary sulfonamides is 1. The van der Waals surface area contributed by atoms with Gasteiger partial charge < -0.3 is 23.8 Å². The van der Waals surface area contributed by atoms with E-state index < -0.39 is 16.1 Å². The van der Waals surface area contributed by atoms with Gasteiger partial charge in [-0.15, -0.1) is 0 Å². The molecular formula is C33H43ClN2O7S. The van der Waals surface area contributed by atoms with Crippen molar-refractivity contribution in [1.29, 1.82) is 0 Å². The van der Waals surface area contributed by atoms with Crippen molar-refractivity contribution in [2.24, 2.45) is 17.0 Å². The maximum atomic E-state index is 12.6. The quantitative estimate of drug-likeness (QED) is 0.404. The number of nitrogens with zero attached hydrogens (tertiary/aromatic N) is 1. The Morgan fingerprint density at radius 1 is 1.20 bits per heavy atom. The van der Waals surface area contributed by atoms with Crippen LogP contribution in [0.25, 0.3) is 0 Å². The van der Waals surface area contributed by atoms with Crippen LogP contribution in [0.3, 0.4) is 0 Å². The minimum Gasteiger partial charge on any atom is -0.490 e. The SMILES string of the molecule is COC(=O)c1ccc2c(c1)N(C[C@@H]1CC[C@H]1[C@@H]1C[C@@H](O[C@H](C)CS(N)(=O)=O)CCO1)C[C@@]1(CCCc3cc(Cl)ccc31)CO2. The number of hydrogen-bond donors (Lipinski definition) is 1. The maximum absolute atomic E-state index is 12.6. The molecule has 6 rings (SSSR count). The van der Waals surface area contributed by atoms with Crippen LogP contribution in [0, 0.1) is 11.8 Å². The van der Waals surface area contributed by atoms with Gasteiger partial charge in [-0.1, -0.05) is 17.7 Å². The van der Waals surface area contributed by atoms with Gasteiger partial charge in [-0.2, -0.15) is 0 Å². The summed E-state index contributed by atoms with van der Waals surface area (Å²) in [7, 11) is -2.20. The molecule has 1 spiro atoms. The monoisotopic (exact) mass is 646 g/mol. The average Bonchev–Trinajstić information content (AvgIpc) is 3.11. The molecule has 0 radical (unpaired) electrons. The highest BCUT2D eigenvalue weighted by Crippen LogP contribution is 2.47. The maximum Gasteiger partial charge on any atom is 0.337 e. The van der Waals surface area contributed by atoms with Crippen LogP contribution in [0.5, 0.6) is 5.75 Å². The second-order valence-corrected chi connectivity index (χ2v) is 15.2. The number of halogens is 1. The van der Waals surface area contributed by atoms with Crippen molar-refractivity contribution < 1.29 is 32.2 Å². The van der Waals surface area contributed by atoms with Crippen molar-refractivity contribution in [2.45, 2.75) is 75.6 Å². The van der Waals surface area contributed by atoms with E-state index in [0.29, 0.717) is 30.6 Å². The lowest BCUT2D eigenvalue weighted by molar-refractivity contribution is -0.126. The summed E-state index contributed by atoms with van der Waals surface area (Å²) in [6, 6.07) is 11.8. The molecule has 2 aliphatic heterocycles. The van der Waals surface area contributed by atoms with Gasteiger partial charge in [-0.05, 0) is 98.7 Å². The number of anilines is 1. The number of esters is 1. The van der Waals surface area contributed by atoms with Crippen LogP contribution in [0.1, 0.15) is 66.9 Å². The van der Waals surface area contributed by atoms with E-state index in [-0.39, 0.29) is 29.3 Å². The molecule has 1 saturated heterocycles. The highest BCUT2D eigenvalue weighted by Gasteiger charge is 2.45. The second kappa shape index (κ2) is 12.8. The van der Waals surface area contributed by atoms with Crippen molar-refractivity contribution in [2.75, 3.05) is 44.1 Å². The number of sulfonamides is 1. The molecule has 0 unspecified atom stereocenters. The van der Waals surface area contributed by atoms with Gasteiger partial charge in [0, 0.05) is 36.6 Å². The van der Waals surface area contributed by atoms with E-state index in [0.717, 1.165) is 74.5 Å². The van der Waals surface area contributed by atoms with E-state index >= 15 is 0 Å². The number of carbonyl (C=O) groups excluding carboxylic acids is 1. The molecule has 0 amide bonds. The Hall–Kier alpha value is -2.37. The molecule has 9 nitrogen and oxygen atoms in total. The lowest BCUT2D eigenvalue weighted by atomic mass is 9.67. The van der Waals surface area contributed by atoms with Gasteiger partial charge in [0.15, 0.2) is 0 Å². The summed E-state index contributed by atoms with van der Waals surface area (Å²) in [6.07, 6.45) is 6.21. The fraction of sp³-hybridized carbons (Fsp3) is 0.606. The molecular weight excluding hydrogens is 604 g/mol. The molecule has 2 aromatic carbocycles. The predicted octanol–water partition coefficient (Wildman–Crippen LogP) is 4.87. The molecule has 0 bridgehead atoms. The van der Waals surface area contributed by atoms with Crippen molar-refractivity contribution in [3.05, 3.63) is 58.1 Å². The van der Waals surface area contributed by atoms with E-state index in [2.05, 4.69) is 17.0 Å². The first kappa shape index (κ1) is 31.6. The summed E-state index contributed by atoms with van der Waals surface area (Å²) in [6.45, 7) is 4.48. The van der Waals surface area contributed by atoms with E-state index in [1.54, 1.807) is 13.0 Å². The van der Waals surface area contributed by atoms with E-state index in [1.807, 2.05) is 18.2 Å². The van der Waals surface area contributed by atoms with Gasteiger partial charge in [-0.3, -0.25) is 0 Å². The van der Waals surface area contributed by atoms with Crippen molar-refractivity contribution in [3.63, 3.8) is 0 Å². The highest BCUT2D eigenvalue weighted by molar-refractivity contribution is 7.89.